The summed E-state index contributed by atoms with van der Waals surface area (Å²) in [5.74, 6) is 0. The monoisotopic (exact) mass is 275 g/mol. The van der Waals surface area contributed by atoms with Crippen LogP contribution in [0.1, 0.15) is 11.6 Å². The molecular weight excluding hydrogens is 250 g/mol. The lowest BCUT2D eigenvalue weighted by atomic mass is 10.0. The van der Waals surface area contributed by atoms with E-state index in [9.17, 15) is 0 Å². The third-order valence-corrected chi connectivity index (χ3v) is 4.32. The maximum absolute atomic E-state index is 5.87. The number of morpholine rings is 1. The van der Waals surface area contributed by atoms with Crippen molar-refractivity contribution in [2.45, 2.75) is 12.1 Å². The molecule has 2 fully saturated rings. The van der Waals surface area contributed by atoms with Crippen LogP contribution in [0.5, 0.6) is 0 Å². The summed E-state index contributed by atoms with van der Waals surface area (Å²) in [7, 11) is 2.21. The molecule has 2 heterocycles. The fourth-order valence-corrected chi connectivity index (χ4v) is 3.17. The quantitative estimate of drug-likeness (QED) is 0.889. The first-order valence-electron chi connectivity index (χ1n) is 7.63. The van der Waals surface area contributed by atoms with E-state index in [1.807, 2.05) is 0 Å². The van der Waals surface area contributed by atoms with E-state index in [4.69, 9.17) is 4.74 Å². The zero-order chi connectivity index (χ0) is 13.8. The first-order valence-corrected chi connectivity index (χ1v) is 7.63. The van der Waals surface area contributed by atoms with Crippen molar-refractivity contribution in [1.82, 2.24) is 15.1 Å². The van der Waals surface area contributed by atoms with Gasteiger partial charge in [0.2, 0.25) is 0 Å². The van der Waals surface area contributed by atoms with Crippen LogP contribution in [0.2, 0.25) is 0 Å². The van der Waals surface area contributed by atoms with Crippen LogP contribution in [-0.4, -0.2) is 68.8 Å². The Bertz CT molecular complexity index is 405. The summed E-state index contributed by atoms with van der Waals surface area (Å²) in [5, 5.41) is 3.43. The molecule has 1 aromatic rings. The maximum atomic E-state index is 5.87. The molecule has 3 rings (SSSR count). The van der Waals surface area contributed by atoms with Gasteiger partial charge in [-0.15, -0.1) is 0 Å². The second-order valence-electron chi connectivity index (χ2n) is 5.88. The van der Waals surface area contributed by atoms with Crippen molar-refractivity contribution in [3.63, 3.8) is 0 Å². The van der Waals surface area contributed by atoms with Gasteiger partial charge >= 0.3 is 0 Å². The summed E-state index contributed by atoms with van der Waals surface area (Å²) >= 11 is 0. The molecule has 2 aliphatic rings. The minimum Gasteiger partial charge on any atom is -0.374 e. The van der Waals surface area contributed by atoms with Crippen LogP contribution in [0.25, 0.3) is 0 Å². The SMILES string of the molecule is CN1CCN(CC2CNCCO2)C(c2ccccc2)C1. The van der Waals surface area contributed by atoms with Gasteiger partial charge in [-0.2, -0.15) is 0 Å². The van der Waals surface area contributed by atoms with Crippen molar-refractivity contribution < 1.29 is 4.74 Å². The normalized spacial score (nSPS) is 29.4. The van der Waals surface area contributed by atoms with Crippen LogP contribution in [0.4, 0.5) is 0 Å². The number of rotatable bonds is 3. The fraction of sp³-hybridized carbons (Fsp3) is 0.625. The maximum Gasteiger partial charge on any atom is 0.0826 e. The number of hydrogen-bond acceptors (Lipinski definition) is 4. The Kier molecular flexibility index (Phi) is 4.68. The van der Waals surface area contributed by atoms with Crippen LogP contribution in [0.15, 0.2) is 30.3 Å². The van der Waals surface area contributed by atoms with Gasteiger partial charge < -0.3 is 15.0 Å². The molecular formula is C16H25N3O. The molecule has 0 aliphatic carbocycles. The van der Waals surface area contributed by atoms with Gasteiger partial charge in [-0.1, -0.05) is 30.3 Å². The van der Waals surface area contributed by atoms with Crippen molar-refractivity contribution in [2.24, 2.45) is 0 Å². The lowest BCUT2D eigenvalue weighted by molar-refractivity contribution is -0.0179. The van der Waals surface area contributed by atoms with Gasteiger partial charge in [0.1, 0.15) is 0 Å². The summed E-state index contributed by atoms with van der Waals surface area (Å²) in [6.45, 7) is 7.20. The van der Waals surface area contributed by atoms with E-state index < -0.39 is 0 Å². The largest absolute Gasteiger partial charge is 0.374 e. The van der Waals surface area contributed by atoms with E-state index in [2.05, 4.69) is 52.5 Å². The number of ether oxygens (including phenoxy) is 1. The molecule has 2 aliphatic heterocycles. The standard InChI is InChI=1S/C16H25N3O/c1-18-8-9-19(12-15-11-17-7-10-20-15)16(13-18)14-5-3-2-4-6-14/h2-6,15-17H,7-13H2,1H3. The zero-order valence-corrected chi connectivity index (χ0v) is 12.3. The number of nitrogens with one attached hydrogen (secondary N) is 1. The van der Waals surface area contributed by atoms with Gasteiger partial charge in [0.05, 0.1) is 12.7 Å². The summed E-state index contributed by atoms with van der Waals surface area (Å²) in [6, 6.07) is 11.4. The Balaban J connectivity index is 1.69. The molecule has 110 valence electrons. The lowest BCUT2D eigenvalue weighted by Crippen LogP contribution is -2.52. The first kappa shape index (κ1) is 14.0. The predicted octanol–water partition coefficient (Wildman–Crippen LogP) is 0.964. The van der Waals surface area contributed by atoms with Crippen LogP contribution >= 0.6 is 0 Å². The Labute approximate surface area is 121 Å². The van der Waals surface area contributed by atoms with Gasteiger partial charge in [-0.25, -0.2) is 0 Å². The van der Waals surface area contributed by atoms with Crippen LogP contribution in [0, 0.1) is 0 Å². The Hall–Kier alpha value is -0.940. The van der Waals surface area contributed by atoms with Crippen molar-refractivity contribution >= 4 is 0 Å². The number of benzene rings is 1. The minimum absolute atomic E-state index is 0.332. The van der Waals surface area contributed by atoms with E-state index in [1.54, 1.807) is 0 Å². The predicted molar refractivity (Wildman–Crippen MR) is 80.9 cm³/mol. The van der Waals surface area contributed by atoms with E-state index >= 15 is 0 Å². The average Bonchev–Trinajstić information content (AvgIpc) is 2.51. The number of piperazine rings is 1. The molecule has 0 aromatic heterocycles. The number of nitrogens with zero attached hydrogens (tertiary/aromatic N) is 2. The van der Waals surface area contributed by atoms with Crippen LogP contribution in [0.3, 0.4) is 0 Å². The number of hydrogen-bond donors (Lipinski definition) is 1. The second-order valence-corrected chi connectivity index (χ2v) is 5.88. The molecule has 0 spiro atoms. The lowest BCUT2D eigenvalue weighted by Gasteiger charge is -2.42. The summed E-state index contributed by atoms with van der Waals surface area (Å²) in [4.78, 5) is 5.02. The van der Waals surface area contributed by atoms with Crippen LogP contribution < -0.4 is 5.32 Å². The van der Waals surface area contributed by atoms with Crippen molar-refractivity contribution in [2.75, 3.05) is 52.9 Å². The van der Waals surface area contributed by atoms with Gasteiger partial charge in [0, 0.05) is 45.3 Å². The highest BCUT2D eigenvalue weighted by Gasteiger charge is 2.29. The summed E-state index contributed by atoms with van der Waals surface area (Å²) in [6.07, 6.45) is 0.332. The van der Waals surface area contributed by atoms with Gasteiger partial charge in [-0.3, -0.25) is 4.90 Å². The third kappa shape index (κ3) is 3.38. The van der Waals surface area contributed by atoms with Gasteiger partial charge in [0.25, 0.3) is 0 Å². The minimum atomic E-state index is 0.332. The highest BCUT2D eigenvalue weighted by Crippen LogP contribution is 2.25. The molecule has 2 unspecified atom stereocenters. The highest BCUT2D eigenvalue weighted by atomic mass is 16.5. The molecule has 20 heavy (non-hydrogen) atoms. The second kappa shape index (κ2) is 6.68. The molecule has 0 saturated carbocycles. The van der Waals surface area contributed by atoms with E-state index in [1.165, 1.54) is 5.56 Å². The topological polar surface area (TPSA) is 27.7 Å². The molecule has 0 amide bonds. The smallest absolute Gasteiger partial charge is 0.0826 e. The number of likely N-dealkylation sites (N-methyl/N-ethyl adjacent to an activating group) is 1. The van der Waals surface area contributed by atoms with Crippen molar-refractivity contribution in [1.29, 1.82) is 0 Å². The van der Waals surface area contributed by atoms with Crippen molar-refractivity contribution in [3.8, 4) is 0 Å². The molecule has 0 bridgehead atoms. The molecule has 2 atom stereocenters. The average molecular weight is 275 g/mol. The van der Waals surface area contributed by atoms with E-state index in [-0.39, 0.29) is 0 Å². The first-order chi connectivity index (χ1) is 9.83. The molecule has 1 N–H and O–H groups in total. The molecule has 1 aromatic carbocycles. The zero-order valence-electron chi connectivity index (χ0n) is 12.3. The van der Waals surface area contributed by atoms with E-state index in [0.717, 1.165) is 45.9 Å². The molecule has 4 heteroatoms. The van der Waals surface area contributed by atoms with E-state index in [0.29, 0.717) is 12.1 Å². The highest BCUT2D eigenvalue weighted by molar-refractivity contribution is 5.20. The Morgan fingerprint density at radius 2 is 2.10 bits per heavy atom. The molecule has 0 radical (unpaired) electrons. The van der Waals surface area contributed by atoms with Crippen molar-refractivity contribution in [3.05, 3.63) is 35.9 Å². The van der Waals surface area contributed by atoms with Gasteiger partial charge in [-0.05, 0) is 12.6 Å². The summed E-state index contributed by atoms with van der Waals surface area (Å²) in [5.41, 5.74) is 1.42. The Morgan fingerprint density at radius 1 is 1.25 bits per heavy atom. The Morgan fingerprint density at radius 3 is 2.85 bits per heavy atom. The fourth-order valence-electron chi connectivity index (χ4n) is 3.17. The van der Waals surface area contributed by atoms with Gasteiger partial charge in [0.15, 0.2) is 0 Å². The molecule has 2 saturated heterocycles. The molecule has 4 nitrogen and oxygen atoms in total. The third-order valence-electron chi connectivity index (χ3n) is 4.32. The summed E-state index contributed by atoms with van der Waals surface area (Å²) < 4.78 is 5.87. The van der Waals surface area contributed by atoms with Crippen LogP contribution in [-0.2, 0) is 4.74 Å².